The average Bonchev–Trinajstić information content (AvgIpc) is 2.87. The van der Waals surface area contributed by atoms with Crippen molar-refractivity contribution in [2.24, 2.45) is 0 Å². The first-order valence-electron chi connectivity index (χ1n) is 12.1. The van der Waals surface area contributed by atoms with Crippen molar-refractivity contribution in [1.82, 2.24) is 14.9 Å². The first-order chi connectivity index (χ1) is 17.0. The molecule has 1 saturated carbocycles. The standard InChI is InChI=1S/C26H30ClFN4O3/c1-34-23-13-22-19(26(30-15-29-22)31-21-6-2-5-20(27)25(21)28)12-24(23)35-18-9-7-16(8-10-18)32-11-3-4-17(33)14-32/h2,5-6,12-13,15-18,33H,3-4,7-11,14H2,1H3,(H,29,30,31). The van der Waals surface area contributed by atoms with Crippen molar-refractivity contribution in [3.8, 4) is 11.5 Å². The third kappa shape index (κ3) is 5.29. The summed E-state index contributed by atoms with van der Waals surface area (Å²) < 4.78 is 26.5. The SMILES string of the molecule is COc1cc2ncnc(Nc3cccc(Cl)c3F)c2cc1OC1CCC(N2CCCC(O)C2)CC1. The smallest absolute Gasteiger partial charge is 0.165 e. The minimum atomic E-state index is -0.538. The summed E-state index contributed by atoms with van der Waals surface area (Å²) in [4.78, 5) is 11.1. The predicted molar refractivity (Wildman–Crippen MR) is 134 cm³/mol. The molecule has 0 bridgehead atoms. The molecule has 1 aliphatic heterocycles. The molecule has 2 fully saturated rings. The van der Waals surface area contributed by atoms with Crippen LogP contribution in [0.4, 0.5) is 15.9 Å². The maximum atomic E-state index is 14.5. The third-order valence-corrected chi connectivity index (χ3v) is 7.30. The summed E-state index contributed by atoms with van der Waals surface area (Å²) in [6.45, 7) is 1.84. The van der Waals surface area contributed by atoms with Crippen LogP contribution < -0.4 is 14.8 Å². The summed E-state index contributed by atoms with van der Waals surface area (Å²) in [5.41, 5.74) is 0.887. The zero-order valence-electron chi connectivity index (χ0n) is 19.7. The first kappa shape index (κ1) is 24.0. The number of rotatable bonds is 6. The Balaban J connectivity index is 1.34. The van der Waals surface area contributed by atoms with Crippen molar-refractivity contribution < 1.29 is 19.0 Å². The van der Waals surface area contributed by atoms with Gasteiger partial charge >= 0.3 is 0 Å². The number of halogens is 2. The topological polar surface area (TPSA) is 79.7 Å². The van der Waals surface area contributed by atoms with Crippen LogP contribution in [0.3, 0.4) is 0 Å². The number of piperidine rings is 1. The molecule has 9 heteroatoms. The van der Waals surface area contributed by atoms with E-state index in [2.05, 4.69) is 20.2 Å². The van der Waals surface area contributed by atoms with Crippen LogP contribution in [-0.2, 0) is 0 Å². The molecule has 2 N–H and O–H groups in total. The molecule has 1 atom stereocenters. The highest BCUT2D eigenvalue weighted by molar-refractivity contribution is 6.31. The molecule has 1 aliphatic carbocycles. The van der Waals surface area contributed by atoms with Crippen LogP contribution in [0.5, 0.6) is 11.5 Å². The molecule has 2 aromatic carbocycles. The summed E-state index contributed by atoms with van der Waals surface area (Å²) in [6.07, 6.45) is 7.19. The quantitative estimate of drug-likeness (QED) is 0.474. The molecular weight excluding hydrogens is 471 g/mol. The lowest BCUT2D eigenvalue weighted by atomic mass is 9.90. The van der Waals surface area contributed by atoms with Gasteiger partial charge in [0.05, 0.1) is 35.5 Å². The van der Waals surface area contributed by atoms with Crippen LogP contribution in [-0.4, -0.2) is 58.4 Å². The van der Waals surface area contributed by atoms with Gasteiger partial charge in [-0.1, -0.05) is 17.7 Å². The lowest BCUT2D eigenvalue weighted by Crippen LogP contribution is -2.46. The molecule has 0 amide bonds. The van der Waals surface area contributed by atoms with Gasteiger partial charge in [-0.15, -0.1) is 0 Å². The van der Waals surface area contributed by atoms with Crippen LogP contribution in [0.15, 0.2) is 36.7 Å². The number of ether oxygens (including phenoxy) is 2. The van der Waals surface area contributed by atoms with Crippen molar-refractivity contribution in [2.45, 2.75) is 56.8 Å². The Morgan fingerprint density at radius 3 is 2.71 bits per heavy atom. The van der Waals surface area contributed by atoms with Gasteiger partial charge in [0, 0.05) is 24.0 Å². The fourth-order valence-electron chi connectivity index (χ4n) is 5.17. The zero-order valence-corrected chi connectivity index (χ0v) is 20.5. The van der Waals surface area contributed by atoms with E-state index in [0.29, 0.717) is 34.3 Å². The van der Waals surface area contributed by atoms with Crippen molar-refractivity contribution in [1.29, 1.82) is 0 Å². The number of anilines is 2. The number of aromatic nitrogens is 2. The maximum absolute atomic E-state index is 14.5. The van der Waals surface area contributed by atoms with Gasteiger partial charge in [-0.05, 0) is 63.3 Å². The highest BCUT2D eigenvalue weighted by atomic mass is 35.5. The van der Waals surface area contributed by atoms with E-state index in [4.69, 9.17) is 21.1 Å². The van der Waals surface area contributed by atoms with Gasteiger partial charge in [0.2, 0.25) is 0 Å². The summed E-state index contributed by atoms with van der Waals surface area (Å²) in [7, 11) is 1.61. The summed E-state index contributed by atoms with van der Waals surface area (Å²) in [5.74, 6) is 1.12. The molecule has 5 rings (SSSR count). The summed E-state index contributed by atoms with van der Waals surface area (Å²) in [5, 5.41) is 13.8. The van der Waals surface area contributed by atoms with Gasteiger partial charge in [-0.25, -0.2) is 14.4 Å². The Labute approximate surface area is 209 Å². The number of fused-ring (bicyclic) bond motifs is 1. The predicted octanol–water partition coefficient (Wildman–Crippen LogP) is 5.32. The van der Waals surface area contributed by atoms with E-state index >= 15 is 0 Å². The van der Waals surface area contributed by atoms with Crippen molar-refractivity contribution in [2.75, 3.05) is 25.5 Å². The maximum Gasteiger partial charge on any atom is 0.165 e. The van der Waals surface area contributed by atoms with E-state index in [1.807, 2.05) is 12.1 Å². The van der Waals surface area contributed by atoms with E-state index in [-0.39, 0.29) is 22.9 Å². The normalized spacial score (nSPS) is 23.3. The number of likely N-dealkylation sites (tertiary alicyclic amines) is 1. The molecular formula is C26H30ClFN4O3. The number of hydrogen-bond acceptors (Lipinski definition) is 7. The van der Waals surface area contributed by atoms with Crippen molar-refractivity contribution >= 4 is 34.0 Å². The minimum absolute atomic E-state index is 0.0359. The Morgan fingerprint density at radius 2 is 1.94 bits per heavy atom. The average molecular weight is 501 g/mol. The van der Waals surface area contributed by atoms with Gasteiger partial charge in [0.25, 0.3) is 0 Å². The number of aliphatic hydroxyl groups is 1. The van der Waals surface area contributed by atoms with E-state index < -0.39 is 5.82 Å². The van der Waals surface area contributed by atoms with E-state index in [1.54, 1.807) is 19.2 Å². The lowest BCUT2D eigenvalue weighted by molar-refractivity contribution is 0.0217. The molecule has 1 unspecified atom stereocenters. The van der Waals surface area contributed by atoms with Crippen molar-refractivity contribution in [3.05, 3.63) is 47.5 Å². The second-order valence-corrected chi connectivity index (χ2v) is 9.72. The number of nitrogens with one attached hydrogen (secondary N) is 1. The first-order valence-corrected chi connectivity index (χ1v) is 12.5. The number of benzene rings is 2. The Hall–Kier alpha value is -2.68. The second-order valence-electron chi connectivity index (χ2n) is 9.31. The molecule has 186 valence electrons. The number of nitrogens with zero attached hydrogens (tertiary/aromatic N) is 3. The van der Waals surface area contributed by atoms with Crippen LogP contribution in [0.25, 0.3) is 10.9 Å². The minimum Gasteiger partial charge on any atom is -0.493 e. The van der Waals surface area contributed by atoms with Gasteiger partial charge in [-0.2, -0.15) is 0 Å². The number of hydrogen-bond donors (Lipinski definition) is 2. The molecule has 1 aromatic heterocycles. The van der Waals surface area contributed by atoms with Gasteiger partial charge < -0.3 is 19.9 Å². The number of methoxy groups -OCH3 is 1. The molecule has 1 saturated heterocycles. The van der Waals surface area contributed by atoms with Crippen LogP contribution >= 0.6 is 11.6 Å². The van der Waals surface area contributed by atoms with E-state index in [9.17, 15) is 9.50 Å². The monoisotopic (exact) mass is 500 g/mol. The van der Waals surface area contributed by atoms with Gasteiger partial charge in [-0.3, -0.25) is 4.90 Å². The molecule has 2 aliphatic rings. The van der Waals surface area contributed by atoms with Gasteiger partial charge in [0.1, 0.15) is 12.1 Å². The van der Waals surface area contributed by atoms with Crippen molar-refractivity contribution in [3.63, 3.8) is 0 Å². The number of β-amino-alcohol motifs (C(OH)–C–C–N with tert-alkyl or cyclic N) is 1. The highest BCUT2D eigenvalue weighted by Gasteiger charge is 2.30. The highest BCUT2D eigenvalue weighted by Crippen LogP contribution is 2.38. The largest absolute Gasteiger partial charge is 0.493 e. The van der Waals surface area contributed by atoms with Crippen LogP contribution in [0, 0.1) is 5.82 Å². The van der Waals surface area contributed by atoms with E-state index in [1.165, 1.54) is 12.4 Å². The fourth-order valence-corrected chi connectivity index (χ4v) is 5.34. The fraction of sp³-hybridized carbons (Fsp3) is 0.462. The number of aliphatic hydroxyl groups excluding tert-OH is 1. The van der Waals surface area contributed by atoms with Crippen LogP contribution in [0.1, 0.15) is 38.5 Å². The molecule has 7 nitrogen and oxygen atoms in total. The van der Waals surface area contributed by atoms with E-state index in [0.717, 1.165) is 51.6 Å². The Bertz CT molecular complexity index is 1190. The Morgan fingerprint density at radius 1 is 1.11 bits per heavy atom. The second kappa shape index (κ2) is 10.5. The van der Waals surface area contributed by atoms with Gasteiger partial charge in [0.15, 0.2) is 17.3 Å². The molecule has 0 spiro atoms. The zero-order chi connectivity index (χ0) is 24.4. The summed E-state index contributed by atoms with van der Waals surface area (Å²) >= 11 is 5.94. The lowest BCUT2D eigenvalue weighted by Gasteiger charge is -2.40. The molecule has 0 radical (unpaired) electrons. The molecule has 3 aromatic rings. The molecule has 2 heterocycles. The molecule has 35 heavy (non-hydrogen) atoms. The Kier molecular flexibility index (Phi) is 7.22. The van der Waals surface area contributed by atoms with Crippen LogP contribution in [0.2, 0.25) is 5.02 Å². The third-order valence-electron chi connectivity index (χ3n) is 7.01. The summed E-state index contributed by atoms with van der Waals surface area (Å²) in [6, 6.07) is 8.95.